The summed E-state index contributed by atoms with van der Waals surface area (Å²) in [4.78, 5) is 25.3. The first kappa shape index (κ1) is 22.9. The Kier molecular flexibility index (Phi) is 10.6. The second kappa shape index (κ2) is 13.0. The zero-order valence-electron chi connectivity index (χ0n) is 17.0. The number of benzene rings is 1. The minimum atomic E-state index is -0.783. The third kappa shape index (κ3) is 7.94. The number of aryl methyl sites for hydroxylation is 1. The topological polar surface area (TPSA) is 61.8 Å². The quantitative estimate of drug-likeness (QED) is 0.219. The predicted octanol–water partition coefficient (Wildman–Crippen LogP) is 4.56. The molecule has 1 aliphatic heterocycles. The lowest BCUT2D eigenvalue weighted by atomic mass is 10.1. The SMILES string of the molecule is CCCC(=O)C(Sc1ccc(CCCOC2CCCCO2)cc1)C(=O)OCC. The molecule has 28 heavy (non-hydrogen) atoms. The van der Waals surface area contributed by atoms with Gasteiger partial charge in [0.1, 0.15) is 0 Å². The van der Waals surface area contributed by atoms with Crippen molar-refractivity contribution in [3.05, 3.63) is 29.8 Å². The molecule has 0 spiro atoms. The number of ketones is 1. The smallest absolute Gasteiger partial charge is 0.327 e. The van der Waals surface area contributed by atoms with Crippen molar-refractivity contribution in [2.24, 2.45) is 0 Å². The Morgan fingerprint density at radius 3 is 2.64 bits per heavy atom. The van der Waals surface area contributed by atoms with Gasteiger partial charge in [-0.25, -0.2) is 0 Å². The van der Waals surface area contributed by atoms with Crippen LogP contribution >= 0.6 is 11.8 Å². The Labute approximate surface area is 172 Å². The molecule has 6 heteroatoms. The van der Waals surface area contributed by atoms with Crippen LogP contribution in [0.3, 0.4) is 0 Å². The Hall–Kier alpha value is -1.37. The molecular weight excluding hydrogens is 376 g/mol. The van der Waals surface area contributed by atoms with Gasteiger partial charge in [0, 0.05) is 17.9 Å². The first-order valence-electron chi connectivity index (χ1n) is 10.3. The lowest BCUT2D eigenvalue weighted by molar-refractivity contribution is -0.162. The molecule has 0 amide bonds. The zero-order valence-corrected chi connectivity index (χ0v) is 17.8. The van der Waals surface area contributed by atoms with Crippen molar-refractivity contribution in [3.63, 3.8) is 0 Å². The van der Waals surface area contributed by atoms with Gasteiger partial charge in [0.15, 0.2) is 17.3 Å². The monoisotopic (exact) mass is 408 g/mol. The number of Topliss-reactive ketones (excluding diaryl/α,β-unsaturated/α-hetero) is 1. The van der Waals surface area contributed by atoms with Crippen LogP contribution in [0.4, 0.5) is 0 Å². The van der Waals surface area contributed by atoms with Gasteiger partial charge in [0.05, 0.1) is 13.2 Å². The Morgan fingerprint density at radius 2 is 2.00 bits per heavy atom. The standard InChI is InChI=1S/C22H32O5S/c1-3-8-19(23)21(22(24)25-4-2)28-18-13-11-17(12-14-18)9-7-16-27-20-10-5-6-15-26-20/h11-14,20-21H,3-10,15-16H2,1-2H3. The first-order valence-corrected chi connectivity index (χ1v) is 11.2. The molecule has 0 saturated carbocycles. The number of hydrogen-bond acceptors (Lipinski definition) is 6. The third-order valence-corrected chi connectivity index (χ3v) is 5.75. The van der Waals surface area contributed by atoms with Gasteiger partial charge in [-0.3, -0.25) is 9.59 Å². The van der Waals surface area contributed by atoms with Gasteiger partial charge < -0.3 is 14.2 Å². The van der Waals surface area contributed by atoms with E-state index in [1.54, 1.807) is 6.92 Å². The number of rotatable bonds is 12. The lowest BCUT2D eigenvalue weighted by Gasteiger charge is -2.22. The van der Waals surface area contributed by atoms with Crippen molar-refractivity contribution in [2.45, 2.75) is 75.2 Å². The van der Waals surface area contributed by atoms with Gasteiger partial charge in [-0.2, -0.15) is 0 Å². The molecule has 0 N–H and O–H groups in total. The molecule has 2 atom stereocenters. The number of ether oxygens (including phenoxy) is 3. The number of carbonyl (C=O) groups is 2. The van der Waals surface area contributed by atoms with Crippen molar-refractivity contribution in [2.75, 3.05) is 19.8 Å². The summed E-state index contributed by atoms with van der Waals surface area (Å²) in [6.45, 7) is 5.46. The lowest BCUT2D eigenvalue weighted by Crippen LogP contribution is -2.28. The molecule has 1 aromatic carbocycles. The van der Waals surface area contributed by atoms with E-state index in [-0.39, 0.29) is 18.7 Å². The highest BCUT2D eigenvalue weighted by atomic mass is 32.2. The minimum absolute atomic E-state index is 0.0343. The van der Waals surface area contributed by atoms with E-state index in [0.717, 1.165) is 43.6 Å². The van der Waals surface area contributed by atoms with Crippen LogP contribution in [0.15, 0.2) is 29.2 Å². The van der Waals surface area contributed by atoms with Crippen molar-refractivity contribution in [1.29, 1.82) is 0 Å². The van der Waals surface area contributed by atoms with Crippen LogP contribution in [0.2, 0.25) is 0 Å². The molecule has 156 valence electrons. The molecule has 1 fully saturated rings. The Balaban J connectivity index is 1.80. The van der Waals surface area contributed by atoms with E-state index in [2.05, 4.69) is 0 Å². The maximum absolute atomic E-state index is 12.3. The molecule has 0 bridgehead atoms. The van der Waals surface area contributed by atoms with Crippen LogP contribution in [0, 0.1) is 0 Å². The molecule has 0 radical (unpaired) electrons. The molecule has 2 unspecified atom stereocenters. The summed E-state index contributed by atoms with van der Waals surface area (Å²) in [6.07, 6.45) is 6.24. The largest absolute Gasteiger partial charge is 0.465 e. The summed E-state index contributed by atoms with van der Waals surface area (Å²) in [6, 6.07) is 8.03. The molecule has 1 aliphatic rings. The van der Waals surface area contributed by atoms with Crippen LogP contribution in [-0.4, -0.2) is 43.1 Å². The highest BCUT2D eigenvalue weighted by Crippen LogP contribution is 2.27. The fraction of sp³-hybridized carbons (Fsp3) is 0.636. The van der Waals surface area contributed by atoms with E-state index in [4.69, 9.17) is 14.2 Å². The van der Waals surface area contributed by atoms with Crippen LogP contribution in [0.25, 0.3) is 0 Å². The van der Waals surface area contributed by atoms with Gasteiger partial charge in [0.25, 0.3) is 0 Å². The van der Waals surface area contributed by atoms with E-state index < -0.39 is 11.2 Å². The van der Waals surface area contributed by atoms with E-state index in [9.17, 15) is 9.59 Å². The van der Waals surface area contributed by atoms with Crippen LogP contribution < -0.4 is 0 Å². The fourth-order valence-electron chi connectivity index (χ4n) is 3.05. The minimum Gasteiger partial charge on any atom is -0.465 e. The highest BCUT2D eigenvalue weighted by Gasteiger charge is 2.28. The van der Waals surface area contributed by atoms with Crippen molar-refractivity contribution >= 4 is 23.5 Å². The number of hydrogen-bond donors (Lipinski definition) is 0. The molecule has 0 aliphatic carbocycles. The second-order valence-electron chi connectivity index (χ2n) is 6.88. The van der Waals surface area contributed by atoms with Gasteiger partial charge in [-0.1, -0.05) is 19.1 Å². The maximum atomic E-state index is 12.3. The van der Waals surface area contributed by atoms with Crippen molar-refractivity contribution in [1.82, 2.24) is 0 Å². The van der Waals surface area contributed by atoms with Gasteiger partial charge in [0.2, 0.25) is 0 Å². The molecule has 1 heterocycles. The first-order chi connectivity index (χ1) is 13.6. The number of esters is 1. The summed E-state index contributed by atoms with van der Waals surface area (Å²) in [5, 5.41) is -0.783. The zero-order chi connectivity index (χ0) is 20.2. The van der Waals surface area contributed by atoms with E-state index >= 15 is 0 Å². The third-order valence-electron chi connectivity index (χ3n) is 4.52. The predicted molar refractivity (Wildman–Crippen MR) is 110 cm³/mol. The fourth-order valence-corrected chi connectivity index (χ4v) is 4.02. The average molecular weight is 409 g/mol. The van der Waals surface area contributed by atoms with Crippen molar-refractivity contribution in [3.8, 4) is 0 Å². The average Bonchev–Trinajstić information content (AvgIpc) is 2.71. The Morgan fingerprint density at radius 1 is 1.21 bits per heavy atom. The van der Waals surface area contributed by atoms with E-state index in [1.165, 1.54) is 23.7 Å². The second-order valence-corrected chi connectivity index (χ2v) is 8.06. The van der Waals surface area contributed by atoms with Crippen molar-refractivity contribution < 1.29 is 23.8 Å². The van der Waals surface area contributed by atoms with Gasteiger partial charge in [-0.05, 0) is 63.1 Å². The number of thioether (sulfide) groups is 1. The van der Waals surface area contributed by atoms with E-state index in [1.807, 2.05) is 31.2 Å². The molecule has 0 aromatic heterocycles. The van der Waals surface area contributed by atoms with Gasteiger partial charge >= 0.3 is 5.97 Å². The maximum Gasteiger partial charge on any atom is 0.327 e. The van der Waals surface area contributed by atoms with Crippen LogP contribution in [0.1, 0.15) is 57.9 Å². The molecule has 1 aromatic rings. The van der Waals surface area contributed by atoms with Gasteiger partial charge in [-0.15, -0.1) is 11.8 Å². The summed E-state index contributed by atoms with van der Waals surface area (Å²) in [5.74, 6) is -0.519. The molecule has 1 saturated heterocycles. The molecule has 5 nitrogen and oxygen atoms in total. The summed E-state index contributed by atoms with van der Waals surface area (Å²) in [7, 11) is 0. The summed E-state index contributed by atoms with van der Waals surface area (Å²) >= 11 is 1.28. The summed E-state index contributed by atoms with van der Waals surface area (Å²) in [5.41, 5.74) is 1.21. The highest BCUT2D eigenvalue weighted by molar-refractivity contribution is 8.01. The normalized spacial score (nSPS) is 17.9. The number of carbonyl (C=O) groups excluding carboxylic acids is 2. The molecular formula is C22H32O5S. The molecule has 2 rings (SSSR count). The van der Waals surface area contributed by atoms with E-state index in [0.29, 0.717) is 13.0 Å². The Bertz CT molecular complexity index is 577. The van der Waals surface area contributed by atoms with Crippen LogP contribution in [0.5, 0.6) is 0 Å². The van der Waals surface area contributed by atoms with Crippen LogP contribution in [-0.2, 0) is 30.2 Å². The summed E-state index contributed by atoms with van der Waals surface area (Å²) < 4.78 is 16.4.